The minimum absolute atomic E-state index is 0.160. The van der Waals surface area contributed by atoms with Crippen molar-refractivity contribution in [2.24, 2.45) is 29.0 Å². The fourth-order valence-corrected chi connectivity index (χ4v) is 2.19. The molecule has 0 aromatic heterocycles. The van der Waals surface area contributed by atoms with Crippen molar-refractivity contribution in [3.8, 4) is 5.75 Å². The molecule has 0 aliphatic carbocycles. The predicted octanol–water partition coefficient (Wildman–Crippen LogP) is 1.24. The SMILES string of the molecule is CC(C)C[C@H](N)C(=O)O.CC(C)C[C@H](N)C(=O)O.N[C@@H](Cc1ccc(O)cc1)C(=O)O. The first-order valence-electron chi connectivity index (χ1n) is 9.90. The lowest BCUT2D eigenvalue weighted by atomic mass is 10.1. The van der Waals surface area contributed by atoms with Crippen LogP contribution in [0.5, 0.6) is 5.75 Å². The van der Waals surface area contributed by atoms with E-state index in [9.17, 15) is 14.4 Å². The van der Waals surface area contributed by atoms with Gasteiger partial charge in [0.15, 0.2) is 0 Å². The first-order chi connectivity index (χ1) is 14.2. The predicted molar refractivity (Wildman–Crippen MR) is 118 cm³/mol. The molecule has 0 spiro atoms. The molecule has 178 valence electrons. The molecule has 0 saturated carbocycles. The first kappa shape index (κ1) is 30.5. The van der Waals surface area contributed by atoms with Crippen LogP contribution in [0.2, 0.25) is 0 Å². The molecular formula is C21H37N3O7. The summed E-state index contributed by atoms with van der Waals surface area (Å²) in [4.78, 5) is 30.6. The van der Waals surface area contributed by atoms with Gasteiger partial charge in [-0.3, -0.25) is 14.4 Å². The fourth-order valence-electron chi connectivity index (χ4n) is 2.19. The molecule has 10 N–H and O–H groups in total. The maximum Gasteiger partial charge on any atom is 0.320 e. The summed E-state index contributed by atoms with van der Waals surface area (Å²) in [6, 6.07) is 4.05. The third-order valence-corrected chi connectivity index (χ3v) is 3.79. The molecule has 3 atom stereocenters. The quantitative estimate of drug-likeness (QED) is 0.290. The molecule has 0 radical (unpaired) electrons. The average Bonchev–Trinajstić information content (AvgIpc) is 2.63. The van der Waals surface area contributed by atoms with Gasteiger partial charge in [0.05, 0.1) is 0 Å². The van der Waals surface area contributed by atoms with E-state index in [1.807, 2.05) is 27.7 Å². The fraction of sp³-hybridized carbons (Fsp3) is 0.571. The summed E-state index contributed by atoms with van der Waals surface area (Å²) < 4.78 is 0. The van der Waals surface area contributed by atoms with Crippen molar-refractivity contribution in [2.75, 3.05) is 0 Å². The van der Waals surface area contributed by atoms with Crippen molar-refractivity contribution in [1.82, 2.24) is 0 Å². The van der Waals surface area contributed by atoms with Crippen LogP contribution in [0.1, 0.15) is 46.1 Å². The van der Waals surface area contributed by atoms with E-state index in [1.165, 1.54) is 12.1 Å². The number of hydrogen-bond donors (Lipinski definition) is 7. The van der Waals surface area contributed by atoms with Crippen molar-refractivity contribution >= 4 is 17.9 Å². The maximum atomic E-state index is 10.4. The van der Waals surface area contributed by atoms with E-state index in [-0.39, 0.29) is 12.2 Å². The monoisotopic (exact) mass is 443 g/mol. The van der Waals surface area contributed by atoms with Crippen molar-refractivity contribution in [3.05, 3.63) is 29.8 Å². The number of benzene rings is 1. The largest absolute Gasteiger partial charge is 0.508 e. The van der Waals surface area contributed by atoms with Crippen molar-refractivity contribution in [2.45, 2.75) is 65.1 Å². The van der Waals surface area contributed by atoms with E-state index in [4.69, 9.17) is 37.6 Å². The van der Waals surface area contributed by atoms with Crippen LogP contribution in [0.4, 0.5) is 0 Å². The first-order valence-corrected chi connectivity index (χ1v) is 9.90. The van der Waals surface area contributed by atoms with E-state index in [1.54, 1.807) is 12.1 Å². The Morgan fingerprint density at radius 2 is 1.03 bits per heavy atom. The molecule has 10 nitrogen and oxygen atoms in total. The third-order valence-electron chi connectivity index (χ3n) is 3.79. The normalized spacial score (nSPS) is 13.2. The van der Waals surface area contributed by atoms with Gasteiger partial charge in [0, 0.05) is 0 Å². The molecule has 1 aromatic rings. The number of aliphatic carboxylic acids is 3. The molecule has 0 aliphatic rings. The Bertz CT molecular complexity index is 637. The number of phenols is 1. The molecule has 1 aromatic carbocycles. The number of carboxylic acid groups (broad SMARTS) is 3. The van der Waals surface area contributed by atoms with Gasteiger partial charge >= 0.3 is 17.9 Å². The Balaban J connectivity index is 0. The molecule has 31 heavy (non-hydrogen) atoms. The molecule has 0 fully saturated rings. The molecule has 0 aliphatic heterocycles. The Morgan fingerprint density at radius 1 is 0.710 bits per heavy atom. The van der Waals surface area contributed by atoms with E-state index < -0.39 is 36.0 Å². The van der Waals surface area contributed by atoms with Crippen LogP contribution < -0.4 is 17.2 Å². The van der Waals surface area contributed by atoms with Gasteiger partial charge < -0.3 is 37.6 Å². The van der Waals surface area contributed by atoms with Gasteiger partial charge in [-0.2, -0.15) is 0 Å². The molecule has 10 heteroatoms. The van der Waals surface area contributed by atoms with Crippen LogP contribution in [0.15, 0.2) is 24.3 Å². The zero-order valence-electron chi connectivity index (χ0n) is 18.6. The molecule has 1 rings (SSSR count). The summed E-state index contributed by atoms with van der Waals surface area (Å²) in [5.74, 6) is -1.97. The second-order valence-corrected chi connectivity index (χ2v) is 7.96. The number of rotatable bonds is 9. The van der Waals surface area contributed by atoms with E-state index in [2.05, 4.69) is 0 Å². The lowest BCUT2D eigenvalue weighted by Gasteiger charge is -2.07. The van der Waals surface area contributed by atoms with E-state index in [0.29, 0.717) is 24.7 Å². The minimum Gasteiger partial charge on any atom is -0.508 e. The zero-order valence-corrected chi connectivity index (χ0v) is 18.6. The number of aromatic hydroxyl groups is 1. The van der Waals surface area contributed by atoms with Crippen molar-refractivity contribution < 1.29 is 34.8 Å². The van der Waals surface area contributed by atoms with Gasteiger partial charge in [-0.25, -0.2) is 0 Å². The zero-order chi connectivity index (χ0) is 24.7. The Morgan fingerprint density at radius 3 is 1.26 bits per heavy atom. The Hall–Kier alpha value is -2.69. The summed E-state index contributed by atoms with van der Waals surface area (Å²) in [5.41, 5.74) is 16.6. The molecule has 0 bridgehead atoms. The summed E-state index contributed by atoms with van der Waals surface area (Å²) in [6.07, 6.45) is 1.38. The minimum atomic E-state index is -1.02. The summed E-state index contributed by atoms with van der Waals surface area (Å²) in [6.45, 7) is 7.79. The van der Waals surface area contributed by atoms with Gasteiger partial charge in [-0.05, 0) is 48.8 Å². The van der Waals surface area contributed by atoms with Gasteiger partial charge in [0.1, 0.15) is 23.9 Å². The average molecular weight is 444 g/mol. The van der Waals surface area contributed by atoms with E-state index in [0.717, 1.165) is 5.56 Å². The maximum absolute atomic E-state index is 10.4. The van der Waals surface area contributed by atoms with Gasteiger partial charge in [0.2, 0.25) is 0 Å². The highest BCUT2D eigenvalue weighted by Crippen LogP contribution is 2.10. The summed E-state index contributed by atoms with van der Waals surface area (Å²) in [5, 5.41) is 34.1. The molecule has 0 unspecified atom stereocenters. The third kappa shape index (κ3) is 17.8. The number of carboxylic acids is 3. The molecular weight excluding hydrogens is 406 g/mol. The number of phenolic OH excluding ortho intramolecular Hbond substituents is 1. The second-order valence-electron chi connectivity index (χ2n) is 7.96. The highest BCUT2D eigenvalue weighted by atomic mass is 16.4. The molecule has 0 amide bonds. The van der Waals surface area contributed by atoms with Gasteiger partial charge in [-0.1, -0.05) is 39.8 Å². The van der Waals surface area contributed by atoms with Crippen LogP contribution in [-0.2, 0) is 20.8 Å². The summed E-state index contributed by atoms with van der Waals surface area (Å²) >= 11 is 0. The van der Waals surface area contributed by atoms with Gasteiger partial charge in [-0.15, -0.1) is 0 Å². The van der Waals surface area contributed by atoms with E-state index >= 15 is 0 Å². The lowest BCUT2D eigenvalue weighted by Crippen LogP contribution is -2.32. The van der Waals surface area contributed by atoms with Crippen LogP contribution in [0.25, 0.3) is 0 Å². The topological polar surface area (TPSA) is 210 Å². The van der Waals surface area contributed by atoms with Crippen LogP contribution in [0.3, 0.4) is 0 Å². The van der Waals surface area contributed by atoms with Crippen LogP contribution in [-0.4, -0.2) is 56.5 Å². The van der Waals surface area contributed by atoms with Crippen molar-refractivity contribution in [1.29, 1.82) is 0 Å². The Kier molecular flexibility index (Phi) is 15.8. The number of nitrogens with two attached hydrogens (primary N) is 3. The van der Waals surface area contributed by atoms with Crippen LogP contribution >= 0.6 is 0 Å². The van der Waals surface area contributed by atoms with Crippen LogP contribution in [0, 0.1) is 11.8 Å². The highest BCUT2D eigenvalue weighted by molar-refractivity contribution is 5.73. The smallest absolute Gasteiger partial charge is 0.320 e. The molecule has 0 saturated heterocycles. The second kappa shape index (κ2) is 16.1. The van der Waals surface area contributed by atoms with Crippen molar-refractivity contribution in [3.63, 3.8) is 0 Å². The Labute approximate surface area is 183 Å². The summed E-state index contributed by atoms with van der Waals surface area (Å²) in [7, 11) is 0. The number of hydrogen-bond acceptors (Lipinski definition) is 7. The standard InChI is InChI=1S/C9H11NO3.2C6H13NO2/c10-8(9(12)13)5-6-1-3-7(11)4-2-6;2*1-4(2)3-5(7)6(8)9/h1-4,8,11H,5,10H2,(H,12,13);2*4-5H,3,7H2,1-2H3,(H,8,9)/t8-;2*5-/m000/s1. The highest BCUT2D eigenvalue weighted by Gasteiger charge is 2.13. The molecule has 0 heterocycles. The lowest BCUT2D eigenvalue weighted by molar-refractivity contribution is -0.139. The van der Waals surface area contributed by atoms with Gasteiger partial charge in [0.25, 0.3) is 0 Å². The number of carbonyl (C=O) groups is 3.